The molecular formula is C13H19NO3. The van der Waals surface area contributed by atoms with Gasteiger partial charge in [0.1, 0.15) is 11.3 Å². The highest BCUT2D eigenvalue weighted by Crippen LogP contribution is 2.21. The quantitative estimate of drug-likeness (QED) is 0.757. The van der Waals surface area contributed by atoms with Crippen molar-refractivity contribution in [1.29, 1.82) is 0 Å². The van der Waals surface area contributed by atoms with Crippen LogP contribution >= 0.6 is 0 Å². The number of nitrogens with zero attached hydrogens (tertiary/aromatic N) is 1. The van der Waals surface area contributed by atoms with Gasteiger partial charge in [-0.2, -0.15) is 0 Å². The second-order valence-electron chi connectivity index (χ2n) is 4.56. The van der Waals surface area contributed by atoms with Crippen molar-refractivity contribution in [1.82, 2.24) is 4.90 Å². The number of furan rings is 1. The Morgan fingerprint density at radius 1 is 1.59 bits per heavy atom. The fraction of sp³-hybridized carbons (Fsp3) is 0.615. The molecule has 1 atom stereocenters. The van der Waals surface area contributed by atoms with Crippen molar-refractivity contribution in [3.8, 4) is 0 Å². The second kappa shape index (κ2) is 5.36. The highest BCUT2D eigenvalue weighted by Gasteiger charge is 2.22. The zero-order chi connectivity index (χ0) is 12.3. The number of esters is 1. The van der Waals surface area contributed by atoms with Crippen molar-refractivity contribution < 1.29 is 13.9 Å². The van der Waals surface area contributed by atoms with Crippen molar-refractivity contribution in [3.05, 3.63) is 23.7 Å². The van der Waals surface area contributed by atoms with Gasteiger partial charge in [-0.15, -0.1) is 0 Å². The molecule has 2 rings (SSSR count). The van der Waals surface area contributed by atoms with Gasteiger partial charge in [0.05, 0.1) is 19.9 Å². The number of hydrogen-bond acceptors (Lipinski definition) is 4. The number of carbonyl (C=O) groups is 1. The predicted molar refractivity (Wildman–Crippen MR) is 63.8 cm³/mol. The Hall–Kier alpha value is -1.29. The second-order valence-corrected chi connectivity index (χ2v) is 4.56. The lowest BCUT2D eigenvalue weighted by Gasteiger charge is -2.32. The molecule has 1 aliphatic heterocycles. The van der Waals surface area contributed by atoms with E-state index >= 15 is 0 Å². The number of ether oxygens (including phenoxy) is 1. The van der Waals surface area contributed by atoms with Crippen LogP contribution in [0.5, 0.6) is 0 Å². The summed E-state index contributed by atoms with van der Waals surface area (Å²) in [7, 11) is 1.39. The van der Waals surface area contributed by atoms with Gasteiger partial charge in [0.2, 0.25) is 0 Å². The van der Waals surface area contributed by atoms with Crippen LogP contribution in [0.2, 0.25) is 0 Å². The van der Waals surface area contributed by atoms with Gasteiger partial charge in [-0.05, 0) is 32.4 Å². The number of methoxy groups -OCH3 is 1. The molecule has 0 aliphatic carbocycles. The third kappa shape index (κ3) is 2.69. The molecule has 17 heavy (non-hydrogen) atoms. The maximum absolute atomic E-state index is 11.5. The molecule has 1 aliphatic rings. The number of carbonyl (C=O) groups excluding carboxylic acids is 1. The van der Waals surface area contributed by atoms with Gasteiger partial charge in [0.25, 0.3) is 0 Å². The van der Waals surface area contributed by atoms with Crippen molar-refractivity contribution in [2.45, 2.75) is 38.8 Å². The van der Waals surface area contributed by atoms with Crippen molar-refractivity contribution in [2.24, 2.45) is 0 Å². The summed E-state index contributed by atoms with van der Waals surface area (Å²) >= 11 is 0. The fourth-order valence-corrected chi connectivity index (χ4v) is 2.33. The Kier molecular flexibility index (Phi) is 3.84. The summed E-state index contributed by atoms with van der Waals surface area (Å²) in [4.78, 5) is 13.9. The molecule has 1 fully saturated rings. The Balaban J connectivity index is 2.07. The Morgan fingerprint density at radius 3 is 3.12 bits per heavy atom. The van der Waals surface area contributed by atoms with Crippen molar-refractivity contribution in [3.63, 3.8) is 0 Å². The predicted octanol–water partition coefficient (Wildman–Crippen LogP) is 2.44. The van der Waals surface area contributed by atoms with Crippen LogP contribution in [0.4, 0.5) is 0 Å². The molecule has 0 spiro atoms. The minimum atomic E-state index is -0.321. The first-order valence-corrected chi connectivity index (χ1v) is 6.11. The lowest BCUT2D eigenvalue weighted by Crippen LogP contribution is -2.37. The van der Waals surface area contributed by atoms with Gasteiger partial charge < -0.3 is 9.15 Å². The Morgan fingerprint density at radius 2 is 2.41 bits per heavy atom. The zero-order valence-corrected chi connectivity index (χ0v) is 10.4. The summed E-state index contributed by atoms with van der Waals surface area (Å²) in [5, 5.41) is 0. The van der Waals surface area contributed by atoms with Gasteiger partial charge in [0.15, 0.2) is 0 Å². The average Bonchev–Trinajstić information content (AvgIpc) is 2.79. The van der Waals surface area contributed by atoms with Crippen LogP contribution in [-0.2, 0) is 11.3 Å². The molecule has 94 valence electrons. The first kappa shape index (κ1) is 12.2. The number of piperidine rings is 1. The summed E-state index contributed by atoms with van der Waals surface area (Å²) in [5.41, 5.74) is 0.547. The minimum absolute atomic E-state index is 0.321. The highest BCUT2D eigenvalue weighted by molar-refractivity contribution is 5.90. The van der Waals surface area contributed by atoms with E-state index in [2.05, 4.69) is 11.8 Å². The van der Waals surface area contributed by atoms with Gasteiger partial charge in [0, 0.05) is 6.04 Å². The molecule has 0 saturated carbocycles. The topological polar surface area (TPSA) is 42.7 Å². The minimum Gasteiger partial charge on any atom is -0.467 e. The number of hydrogen-bond donors (Lipinski definition) is 0. The first-order valence-electron chi connectivity index (χ1n) is 6.11. The summed E-state index contributed by atoms with van der Waals surface area (Å²) in [6.07, 6.45) is 5.28. The van der Waals surface area contributed by atoms with E-state index in [1.165, 1.54) is 26.4 Å². The van der Waals surface area contributed by atoms with E-state index in [1.54, 1.807) is 12.3 Å². The monoisotopic (exact) mass is 237 g/mol. The molecule has 1 aromatic rings. The van der Waals surface area contributed by atoms with Gasteiger partial charge in [-0.1, -0.05) is 6.42 Å². The average molecular weight is 237 g/mol. The molecule has 0 amide bonds. The van der Waals surface area contributed by atoms with Crippen LogP contribution in [0, 0.1) is 0 Å². The van der Waals surface area contributed by atoms with Crippen LogP contribution in [0.1, 0.15) is 42.3 Å². The van der Waals surface area contributed by atoms with E-state index in [0.29, 0.717) is 23.9 Å². The van der Waals surface area contributed by atoms with Crippen molar-refractivity contribution >= 4 is 5.97 Å². The summed E-state index contributed by atoms with van der Waals surface area (Å²) in [6.45, 7) is 3.99. The lowest BCUT2D eigenvalue weighted by atomic mass is 10.0. The number of likely N-dealkylation sites (tertiary alicyclic amines) is 1. The molecule has 2 heterocycles. The van der Waals surface area contributed by atoms with E-state index < -0.39 is 0 Å². The third-order valence-electron chi connectivity index (χ3n) is 3.44. The van der Waals surface area contributed by atoms with Crippen LogP contribution in [-0.4, -0.2) is 30.6 Å². The molecule has 1 aromatic heterocycles. The zero-order valence-electron chi connectivity index (χ0n) is 10.4. The van der Waals surface area contributed by atoms with E-state index in [-0.39, 0.29) is 5.97 Å². The van der Waals surface area contributed by atoms with Crippen LogP contribution < -0.4 is 0 Å². The van der Waals surface area contributed by atoms with Gasteiger partial charge in [-0.25, -0.2) is 4.79 Å². The molecule has 0 bridgehead atoms. The van der Waals surface area contributed by atoms with Crippen molar-refractivity contribution in [2.75, 3.05) is 13.7 Å². The summed E-state index contributed by atoms with van der Waals surface area (Å²) in [5.74, 6) is 0.393. The number of rotatable bonds is 3. The Labute approximate surface area is 102 Å². The molecule has 0 radical (unpaired) electrons. The van der Waals surface area contributed by atoms with E-state index in [0.717, 1.165) is 6.54 Å². The van der Waals surface area contributed by atoms with E-state index in [9.17, 15) is 4.79 Å². The molecule has 4 heteroatoms. The largest absolute Gasteiger partial charge is 0.467 e. The smallest absolute Gasteiger partial charge is 0.341 e. The molecule has 0 N–H and O–H groups in total. The fourth-order valence-electron chi connectivity index (χ4n) is 2.33. The standard InChI is InChI=1S/C13H19NO3/c1-10-5-3-4-7-14(10)9-12-11(6-8-17-12)13(15)16-2/h6,8,10H,3-5,7,9H2,1-2H3/t10-/m0/s1. The maximum atomic E-state index is 11.5. The van der Waals surface area contributed by atoms with Crippen LogP contribution in [0.15, 0.2) is 16.7 Å². The van der Waals surface area contributed by atoms with Crippen LogP contribution in [0.25, 0.3) is 0 Å². The molecule has 1 saturated heterocycles. The molecule has 4 nitrogen and oxygen atoms in total. The summed E-state index contributed by atoms with van der Waals surface area (Å²) in [6, 6.07) is 2.23. The van der Waals surface area contributed by atoms with Crippen LogP contribution in [0.3, 0.4) is 0 Å². The van der Waals surface area contributed by atoms with E-state index in [4.69, 9.17) is 9.15 Å². The highest BCUT2D eigenvalue weighted by atomic mass is 16.5. The molecule has 0 aromatic carbocycles. The molecular weight excluding hydrogens is 218 g/mol. The SMILES string of the molecule is COC(=O)c1ccoc1CN1CCCC[C@@H]1C. The van der Waals surface area contributed by atoms with Gasteiger partial charge >= 0.3 is 5.97 Å². The summed E-state index contributed by atoms with van der Waals surface area (Å²) < 4.78 is 10.1. The molecule has 0 unspecified atom stereocenters. The van der Waals surface area contributed by atoms with Gasteiger partial charge in [-0.3, -0.25) is 4.90 Å². The third-order valence-corrected chi connectivity index (χ3v) is 3.44. The van der Waals surface area contributed by atoms with E-state index in [1.807, 2.05) is 0 Å². The Bertz CT molecular complexity index is 386. The first-order chi connectivity index (χ1) is 8.22. The lowest BCUT2D eigenvalue weighted by molar-refractivity contribution is 0.0594. The normalized spacial score (nSPS) is 21.4. The maximum Gasteiger partial charge on any atom is 0.341 e.